The van der Waals surface area contributed by atoms with Gasteiger partial charge in [-0.05, 0) is 30.9 Å². The number of pyridine rings is 1. The molecule has 2 aromatic rings. The monoisotopic (exact) mass is 316 g/mol. The normalized spacial score (nSPS) is 20.2. The Morgan fingerprint density at radius 1 is 1.39 bits per heavy atom. The predicted molar refractivity (Wildman–Crippen MR) is 87.0 cm³/mol. The van der Waals surface area contributed by atoms with Gasteiger partial charge in [0.25, 0.3) is 0 Å². The number of carbonyl (C=O) groups excluding carboxylic acids is 1. The fourth-order valence-electron chi connectivity index (χ4n) is 3.10. The first-order valence-electron chi connectivity index (χ1n) is 8.31. The van der Waals surface area contributed by atoms with Gasteiger partial charge in [-0.1, -0.05) is 19.9 Å². The van der Waals surface area contributed by atoms with Gasteiger partial charge in [0, 0.05) is 25.2 Å². The van der Waals surface area contributed by atoms with E-state index in [1.165, 1.54) is 0 Å². The maximum absolute atomic E-state index is 12.4. The van der Waals surface area contributed by atoms with Crippen molar-refractivity contribution in [2.75, 3.05) is 13.1 Å². The first-order valence-corrected chi connectivity index (χ1v) is 8.31. The minimum absolute atomic E-state index is 0.0321. The molecule has 0 saturated carbocycles. The number of aliphatic hydroxyl groups is 1. The van der Waals surface area contributed by atoms with E-state index >= 15 is 0 Å². The lowest BCUT2D eigenvalue weighted by atomic mass is 9.96. The average molecular weight is 316 g/mol. The third kappa shape index (κ3) is 3.37. The van der Waals surface area contributed by atoms with Crippen LogP contribution in [0.4, 0.5) is 0 Å². The highest BCUT2D eigenvalue weighted by atomic mass is 16.3. The minimum Gasteiger partial charge on any atom is -0.392 e. The molecular weight excluding hydrogens is 292 g/mol. The van der Waals surface area contributed by atoms with Crippen molar-refractivity contribution in [1.29, 1.82) is 0 Å². The summed E-state index contributed by atoms with van der Waals surface area (Å²) in [7, 11) is 0. The largest absolute Gasteiger partial charge is 0.392 e. The topological polar surface area (TPSA) is 70.7 Å². The zero-order valence-electron chi connectivity index (χ0n) is 13.7. The summed E-state index contributed by atoms with van der Waals surface area (Å²) in [5.41, 5.74) is 0.834. The molecule has 3 heterocycles. The third-order valence-corrected chi connectivity index (χ3v) is 4.63. The zero-order valence-corrected chi connectivity index (χ0v) is 13.7. The standard InChI is InChI=1S/C17H24N4O2/c1-12(2)14(22)10-16(23)20-8-5-6-13(11-20)17-19-18-15-7-3-4-9-21(15)17/h3-4,7,9,12-14,22H,5-6,8,10-11H2,1-2H3. The lowest BCUT2D eigenvalue weighted by molar-refractivity contribution is -0.135. The van der Waals surface area contributed by atoms with E-state index in [9.17, 15) is 9.90 Å². The van der Waals surface area contributed by atoms with Crippen molar-refractivity contribution in [1.82, 2.24) is 19.5 Å². The van der Waals surface area contributed by atoms with Gasteiger partial charge in [0.1, 0.15) is 5.82 Å². The maximum Gasteiger partial charge on any atom is 0.225 e. The summed E-state index contributed by atoms with van der Waals surface area (Å²) in [5.74, 6) is 1.24. The molecule has 6 nitrogen and oxygen atoms in total. The number of aliphatic hydroxyl groups excluding tert-OH is 1. The van der Waals surface area contributed by atoms with Crippen molar-refractivity contribution in [2.45, 2.75) is 45.1 Å². The van der Waals surface area contributed by atoms with Crippen LogP contribution in [0, 0.1) is 5.92 Å². The molecule has 23 heavy (non-hydrogen) atoms. The van der Waals surface area contributed by atoms with Gasteiger partial charge >= 0.3 is 0 Å². The van der Waals surface area contributed by atoms with E-state index in [2.05, 4.69) is 10.2 Å². The molecule has 2 unspecified atom stereocenters. The number of likely N-dealkylation sites (tertiary alicyclic amines) is 1. The number of fused-ring (bicyclic) bond motifs is 1. The molecule has 0 aromatic carbocycles. The van der Waals surface area contributed by atoms with Crippen molar-refractivity contribution in [3.63, 3.8) is 0 Å². The van der Waals surface area contributed by atoms with Crippen LogP contribution in [0.25, 0.3) is 5.65 Å². The van der Waals surface area contributed by atoms with Gasteiger partial charge in [0.15, 0.2) is 5.65 Å². The smallest absolute Gasteiger partial charge is 0.225 e. The molecule has 1 N–H and O–H groups in total. The van der Waals surface area contributed by atoms with E-state index in [4.69, 9.17) is 0 Å². The quantitative estimate of drug-likeness (QED) is 0.934. The van der Waals surface area contributed by atoms with E-state index in [1.807, 2.05) is 47.5 Å². The number of hydrogen-bond donors (Lipinski definition) is 1. The second-order valence-electron chi connectivity index (χ2n) is 6.68. The summed E-state index contributed by atoms with van der Waals surface area (Å²) in [6.45, 7) is 5.27. The van der Waals surface area contributed by atoms with Crippen molar-refractivity contribution in [3.05, 3.63) is 30.2 Å². The molecule has 0 radical (unpaired) electrons. The summed E-state index contributed by atoms with van der Waals surface area (Å²) in [6, 6.07) is 5.84. The Labute approximate surface area is 136 Å². The van der Waals surface area contributed by atoms with Crippen LogP contribution in [-0.4, -0.2) is 49.7 Å². The number of amides is 1. The molecule has 0 bridgehead atoms. The number of nitrogens with zero attached hydrogens (tertiary/aromatic N) is 4. The summed E-state index contributed by atoms with van der Waals surface area (Å²) in [6.07, 6.45) is 3.55. The van der Waals surface area contributed by atoms with E-state index in [1.54, 1.807) is 0 Å². The Morgan fingerprint density at radius 3 is 3.00 bits per heavy atom. The first kappa shape index (κ1) is 15.9. The molecule has 1 saturated heterocycles. The molecule has 6 heteroatoms. The zero-order chi connectivity index (χ0) is 16.4. The van der Waals surface area contributed by atoms with Gasteiger partial charge in [-0.15, -0.1) is 10.2 Å². The Balaban J connectivity index is 1.72. The van der Waals surface area contributed by atoms with Crippen molar-refractivity contribution in [2.24, 2.45) is 5.92 Å². The molecule has 0 aliphatic carbocycles. The van der Waals surface area contributed by atoms with Gasteiger partial charge in [-0.3, -0.25) is 9.20 Å². The van der Waals surface area contributed by atoms with Gasteiger partial charge < -0.3 is 10.0 Å². The third-order valence-electron chi connectivity index (χ3n) is 4.63. The van der Waals surface area contributed by atoms with Crippen LogP contribution < -0.4 is 0 Å². The van der Waals surface area contributed by atoms with E-state index in [0.29, 0.717) is 6.54 Å². The number of carbonyl (C=O) groups is 1. The lowest BCUT2D eigenvalue weighted by Gasteiger charge is -2.32. The fraction of sp³-hybridized carbons (Fsp3) is 0.588. The minimum atomic E-state index is -0.572. The summed E-state index contributed by atoms with van der Waals surface area (Å²) in [5, 5.41) is 18.5. The second-order valence-corrected chi connectivity index (χ2v) is 6.68. The van der Waals surface area contributed by atoms with E-state index < -0.39 is 6.10 Å². The van der Waals surface area contributed by atoms with Crippen LogP contribution in [0.2, 0.25) is 0 Å². The highest BCUT2D eigenvalue weighted by molar-refractivity contribution is 5.76. The molecule has 124 valence electrons. The molecular formula is C17H24N4O2. The van der Waals surface area contributed by atoms with Crippen LogP contribution >= 0.6 is 0 Å². The fourth-order valence-corrected chi connectivity index (χ4v) is 3.10. The molecule has 1 aliphatic rings. The van der Waals surface area contributed by atoms with E-state index in [0.717, 1.165) is 30.9 Å². The van der Waals surface area contributed by atoms with Crippen LogP contribution in [0.1, 0.15) is 44.9 Å². The average Bonchev–Trinajstić information content (AvgIpc) is 2.99. The second kappa shape index (κ2) is 6.66. The summed E-state index contributed by atoms with van der Waals surface area (Å²) < 4.78 is 2.00. The van der Waals surface area contributed by atoms with Crippen molar-refractivity contribution >= 4 is 11.6 Å². The molecule has 1 fully saturated rings. The van der Waals surface area contributed by atoms with Crippen LogP contribution in [0.15, 0.2) is 24.4 Å². The molecule has 0 spiro atoms. The van der Waals surface area contributed by atoms with Crippen molar-refractivity contribution < 1.29 is 9.90 Å². The highest BCUT2D eigenvalue weighted by Gasteiger charge is 2.29. The Hall–Kier alpha value is -1.95. The Morgan fingerprint density at radius 2 is 2.22 bits per heavy atom. The number of piperidine rings is 1. The summed E-state index contributed by atoms with van der Waals surface area (Å²) >= 11 is 0. The summed E-state index contributed by atoms with van der Waals surface area (Å²) in [4.78, 5) is 14.3. The number of rotatable bonds is 4. The first-order chi connectivity index (χ1) is 11.1. The van der Waals surface area contributed by atoms with Crippen LogP contribution in [0.3, 0.4) is 0 Å². The number of aromatic nitrogens is 3. The number of hydrogen-bond acceptors (Lipinski definition) is 4. The SMILES string of the molecule is CC(C)C(O)CC(=O)N1CCCC(c2nnc3ccccn23)C1. The predicted octanol–water partition coefficient (Wildman–Crippen LogP) is 1.84. The Bertz CT molecular complexity index is 682. The molecule has 1 amide bonds. The highest BCUT2D eigenvalue weighted by Crippen LogP contribution is 2.26. The van der Waals surface area contributed by atoms with Gasteiger partial charge in [-0.25, -0.2) is 0 Å². The molecule has 2 aromatic heterocycles. The Kier molecular flexibility index (Phi) is 4.61. The molecule has 2 atom stereocenters. The van der Waals surface area contributed by atoms with Crippen LogP contribution in [-0.2, 0) is 4.79 Å². The molecule has 1 aliphatic heterocycles. The van der Waals surface area contributed by atoms with Gasteiger partial charge in [0.2, 0.25) is 5.91 Å². The van der Waals surface area contributed by atoms with E-state index in [-0.39, 0.29) is 24.2 Å². The van der Waals surface area contributed by atoms with Crippen molar-refractivity contribution in [3.8, 4) is 0 Å². The maximum atomic E-state index is 12.4. The van der Waals surface area contributed by atoms with Gasteiger partial charge in [0.05, 0.1) is 12.5 Å². The van der Waals surface area contributed by atoms with Gasteiger partial charge in [-0.2, -0.15) is 0 Å². The molecule has 3 rings (SSSR count). The lowest BCUT2D eigenvalue weighted by Crippen LogP contribution is -2.41. The van der Waals surface area contributed by atoms with Crippen LogP contribution in [0.5, 0.6) is 0 Å².